The van der Waals surface area contributed by atoms with Gasteiger partial charge >= 0.3 is 120 Å². The Hall–Kier alpha value is -1.33. The molecule has 13 heteroatoms. The van der Waals surface area contributed by atoms with Crippen LogP contribution in [0.15, 0.2) is 85.4 Å². The zero-order chi connectivity index (χ0) is 31.6. The van der Waals surface area contributed by atoms with Crippen molar-refractivity contribution in [3.63, 3.8) is 0 Å². The molecule has 1 aromatic rings. The number of carbonyl (C=O) groups is 3. The van der Waals surface area contributed by atoms with E-state index < -0.39 is 29.6 Å². The number of aromatic nitrogens is 1. The summed E-state index contributed by atoms with van der Waals surface area (Å²) < 4.78 is 0. The van der Waals surface area contributed by atoms with Gasteiger partial charge in [0.05, 0.1) is 34.7 Å². The molecular weight excluding hydrogens is 702 g/mol. The van der Waals surface area contributed by atoms with E-state index in [2.05, 4.69) is 6.58 Å². The number of carboxylic acids is 2. The van der Waals surface area contributed by atoms with Gasteiger partial charge in [0.2, 0.25) is 0 Å². The molecule has 1 radical (unpaired) electrons. The van der Waals surface area contributed by atoms with E-state index in [0.717, 1.165) is 17.4 Å². The Kier molecular flexibility index (Phi) is 13.4. The van der Waals surface area contributed by atoms with Crippen LogP contribution in [0.25, 0.3) is 11.6 Å². The number of carboxylic acid groups (broad SMARTS) is 2. The van der Waals surface area contributed by atoms with E-state index in [9.17, 15) is 29.7 Å². The number of aliphatic carboxylic acids is 2. The second kappa shape index (κ2) is 15.7. The summed E-state index contributed by atoms with van der Waals surface area (Å²) in [7, 11) is 0. The Labute approximate surface area is 367 Å². The summed E-state index contributed by atoms with van der Waals surface area (Å²) in [5.41, 5.74) is 6.37. The molecule has 0 fully saturated rings. The molecule has 0 saturated heterocycles. The molecule has 10 nitrogen and oxygen atoms in total. The SMILES string of the molecule is C=CC1=C(C)C2=NC1=CC1=NC(=C(CC)/C1=C/[O-])C=c1[n-]c3c(c1C)C(=O)C(C(=O)[O-])C=3C1=NC(=C2)C(C)C1CCC(=O)[O-].[Cu+2].[K+].[K+]. The number of hydrogen-bond donors (Lipinski definition) is 0. The topological polar surface area (TPSA) is 172 Å². The zero-order valence-corrected chi connectivity index (χ0v) is 34.2. The average Bonchev–Trinajstić information content (AvgIpc) is 3.72. The monoisotopic (exact) mass is 729 g/mol. The van der Waals surface area contributed by atoms with Gasteiger partial charge < -0.3 is 29.9 Å². The molecule has 5 aliphatic rings. The van der Waals surface area contributed by atoms with Crippen molar-refractivity contribution < 1.29 is 150 Å². The van der Waals surface area contributed by atoms with Crippen LogP contribution in [-0.4, -0.2) is 34.9 Å². The van der Waals surface area contributed by atoms with Gasteiger partial charge in [-0.3, -0.25) is 9.79 Å². The predicted octanol–water partition coefficient (Wildman–Crippen LogP) is -6.21. The number of fused-ring (bicyclic) bond motifs is 5. The number of nitrogens with zero attached hydrogens (tertiary/aromatic N) is 4. The minimum Gasteiger partial charge on any atom is -0.877 e. The van der Waals surface area contributed by atoms with Crippen LogP contribution in [0.3, 0.4) is 0 Å². The molecule has 0 spiro atoms. The van der Waals surface area contributed by atoms with Crippen LogP contribution >= 0.6 is 0 Å². The van der Waals surface area contributed by atoms with Gasteiger partial charge in [-0.05, 0) is 67.6 Å². The van der Waals surface area contributed by atoms with Gasteiger partial charge in [-0.25, -0.2) is 9.98 Å². The number of ketones is 1. The summed E-state index contributed by atoms with van der Waals surface area (Å²) in [4.78, 5) is 56.9. The van der Waals surface area contributed by atoms with Crippen molar-refractivity contribution in [2.45, 2.75) is 47.0 Å². The number of allylic oxidation sites excluding steroid dienone is 8. The quantitative estimate of drug-likeness (QED) is 0.159. The molecular formula is C34H28CuK2N4O6. The molecule has 5 heterocycles. The minimum absolute atomic E-state index is 0. The van der Waals surface area contributed by atoms with Crippen LogP contribution in [0.5, 0.6) is 0 Å². The molecule has 8 bridgehead atoms. The normalized spacial score (nSPS) is 23.2. The molecule has 1 aliphatic carbocycles. The average molecular weight is 730 g/mol. The molecule has 4 aliphatic heterocycles. The number of hydrogen-bond acceptors (Lipinski definition) is 9. The first-order valence-electron chi connectivity index (χ1n) is 14.4. The molecule has 3 unspecified atom stereocenters. The van der Waals surface area contributed by atoms with Crippen molar-refractivity contribution in [3.05, 3.63) is 92.3 Å². The molecule has 47 heavy (non-hydrogen) atoms. The smallest absolute Gasteiger partial charge is 0.877 e. The van der Waals surface area contributed by atoms with Crippen LogP contribution in [0.1, 0.15) is 56.0 Å². The fraction of sp³-hybridized carbons (Fsp3) is 0.294. The van der Waals surface area contributed by atoms with Crippen molar-refractivity contribution in [1.82, 2.24) is 4.98 Å². The van der Waals surface area contributed by atoms with Crippen molar-refractivity contribution in [2.75, 3.05) is 0 Å². The molecule has 6 rings (SSSR count). The van der Waals surface area contributed by atoms with E-state index >= 15 is 0 Å². The van der Waals surface area contributed by atoms with Gasteiger partial charge in [0.15, 0.2) is 5.78 Å². The van der Waals surface area contributed by atoms with Crippen molar-refractivity contribution in [3.8, 4) is 0 Å². The predicted molar refractivity (Wildman–Crippen MR) is 158 cm³/mol. The van der Waals surface area contributed by atoms with E-state index in [0.29, 0.717) is 62.7 Å². The maximum atomic E-state index is 13.7. The molecule has 0 N–H and O–H groups in total. The largest absolute Gasteiger partial charge is 2.00 e. The Morgan fingerprint density at radius 3 is 2.36 bits per heavy atom. The Bertz CT molecular complexity index is 2010. The van der Waals surface area contributed by atoms with Crippen LogP contribution in [0, 0.1) is 24.7 Å². The Morgan fingerprint density at radius 1 is 1.06 bits per heavy atom. The van der Waals surface area contributed by atoms with E-state index in [-0.39, 0.29) is 155 Å². The van der Waals surface area contributed by atoms with Gasteiger partial charge in [0.1, 0.15) is 0 Å². The van der Waals surface area contributed by atoms with Crippen LogP contribution in [0.4, 0.5) is 0 Å². The van der Waals surface area contributed by atoms with E-state index in [1.165, 1.54) is 0 Å². The number of rotatable bonds is 6. The number of Topliss-reactive ketones (excluding diaryl/α,β-unsaturated/α-hetero) is 1. The molecule has 0 amide bonds. The maximum Gasteiger partial charge on any atom is 2.00 e. The van der Waals surface area contributed by atoms with E-state index in [1.54, 1.807) is 31.2 Å². The summed E-state index contributed by atoms with van der Waals surface area (Å²) in [6, 6.07) is 0. The van der Waals surface area contributed by atoms with Crippen molar-refractivity contribution >= 4 is 46.5 Å². The third-order valence-electron chi connectivity index (χ3n) is 9.09. The summed E-state index contributed by atoms with van der Waals surface area (Å²) >= 11 is 0. The zero-order valence-electron chi connectivity index (χ0n) is 27.0. The van der Waals surface area contributed by atoms with E-state index in [1.807, 2.05) is 20.8 Å². The maximum absolute atomic E-state index is 13.7. The first-order valence-corrected chi connectivity index (χ1v) is 14.4. The minimum atomic E-state index is -1.64. The van der Waals surface area contributed by atoms with Gasteiger partial charge in [-0.2, -0.15) is 0 Å². The summed E-state index contributed by atoms with van der Waals surface area (Å²) in [6.45, 7) is 11.3. The first-order chi connectivity index (χ1) is 21.0. The van der Waals surface area contributed by atoms with Crippen molar-refractivity contribution in [1.29, 1.82) is 0 Å². The van der Waals surface area contributed by atoms with Crippen LogP contribution in [-0.2, 0) is 26.7 Å². The third kappa shape index (κ3) is 6.76. The summed E-state index contributed by atoms with van der Waals surface area (Å²) in [5.74, 6) is -6.00. The number of carbonyl (C=O) groups excluding carboxylic acids is 3. The summed E-state index contributed by atoms with van der Waals surface area (Å²) in [5, 5.41) is 36.9. The van der Waals surface area contributed by atoms with Gasteiger partial charge in [0.25, 0.3) is 0 Å². The fourth-order valence-electron chi connectivity index (χ4n) is 6.75. The molecule has 1 aromatic heterocycles. The van der Waals surface area contributed by atoms with Gasteiger partial charge in [0, 0.05) is 40.4 Å². The fourth-order valence-corrected chi connectivity index (χ4v) is 6.75. The summed E-state index contributed by atoms with van der Waals surface area (Å²) in [6.07, 6.45) is 8.01. The Morgan fingerprint density at radius 2 is 1.77 bits per heavy atom. The van der Waals surface area contributed by atoms with E-state index in [4.69, 9.17) is 20.0 Å². The van der Waals surface area contributed by atoms with Crippen LogP contribution < -0.4 is 134 Å². The standard InChI is InChI=1S/C34H32N4O6.Cu.2K/c1-6-17-14(3)21-10-22-15(4)19(8-9-27(40)41)31(37-22)29-30(34(43)44)33(42)28-16(5)23(38-32(28)29)11-25-18(7-2)20(13-39)26(36-25)12-24(17)35-21;;;/h6,10-13,15,19,30H,1,7-9H2,2-5H3,(H4,35,36,37,38,39,40,41,42,43,44);;;/q;+2;2*+1/p-4. The first kappa shape index (κ1) is 40.1. The molecule has 3 atom stereocenters. The molecule has 233 valence electrons. The second-order valence-corrected chi connectivity index (χ2v) is 11.4. The van der Waals surface area contributed by atoms with Crippen molar-refractivity contribution in [2.24, 2.45) is 32.7 Å². The van der Waals surface area contributed by atoms with Gasteiger partial charge in [-0.15, -0.1) is 17.0 Å². The third-order valence-corrected chi connectivity index (χ3v) is 9.09. The second-order valence-electron chi connectivity index (χ2n) is 11.4. The Balaban J connectivity index is 0.00000200. The molecule has 0 saturated carbocycles. The van der Waals surface area contributed by atoms with Gasteiger partial charge in [-0.1, -0.05) is 38.1 Å². The molecule has 0 aromatic carbocycles. The number of aliphatic imine (C=N–C) groups is 3. The van der Waals surface area contributed by atoms with Crippen LogP contribution in [0.2, 0.25) is 0 Å².